The molecule has 1 aliphatic rings. The average Bonchev–Trinajstić information content (AvgIpc) is 3.15. The van der Waals surface area contributed by atoms with Crippen LogP contribution in [0.3, 0.4) is 0 Å². The Morgan fingerprint density at radius 1 is 1.43 bits per heavy atom. The normalized spacial score (nSPS) is 18.5. The van der Waals surface area contributed by atoms with E-state index in [4.69, 9.17) is 4.52 Å². The second kappa shape index (κ2) is 6.49. The quantitative estimate of drug-likeness (QED) is 0.893. The molecule has 1 N–H and O–H groups in total. The van der Waals surface area contributed by atoms with E-state index in [1.807, 2.05) is 25.5 Å². The van der Waals surface area contributed by atoms with Crippen LogP contribution in [0.4, 0.5) is 5.88 Å². The fourth-order valence-corrected chi connectivity index (χ4v) is 3.03. The summed E-state index contributed by atoms with van der Waals surface area (Å²) in [5.41, 5.74) is 0.747. The zero-order chi connectivity index (χ0) is 16.4. The Labute approximate surface area is 134 Å². The number of likely N-dealkylation sites (tertiary alicyclic amines) is 1. The Hall–Kier alpha value is -2.22. The third-order valence-corrected chi connectivity index (χ3v) is 4.08. The number of rotatable bonds is 5. The first-order valence-electron chi connectivity index (χ1n) is 7.86. The predicted octanol–water partition coefficient (Wildman–Crippen LogP) is 1.29. The Bertz CT molecular complexity index is 692. The van der Waals surface area contributed by atoms with Gasteiger partial charge in [-0.25, -0.2) is 9.67 Å². The third-order valence-electron chi connectivity index (χ3n) is 4.08. The molecule has 3 rings (SSSR count). The molecule has 0 saturated carbocycles. The van der Waals surface area contributed by atoms with Crippen LogP contribution in [0.2, 0.25) is 0 Å². The van der Waals surface area contributed by atoms with E-state index in [1.54, 1.807) is 6.07 Å². The topological polar surface area (TPSA) is 89.1 Å². The maximum atomic E-state index is 12.2. The van der Waals surface area contributed by atoms with E-state index in [0.717, 1.165) is 43.3 Å². The van der Waals surface area contributed by atoms with Crippen LogP contribution in [0.25, 0.3) is 0 Å². The Kier molecular flexibility index (Phi) is 4.42. The molecule has 0 spiro atoms. The van der Waals surface area contributed by atoms with Gasteiger partial charge in [-0.1, -0.05) is 5.16 Å². The Morgan fingerprint density at radius 2 is 2.26 bits per heavy atom. The van der Waals surface area contributed by atoms with Crippen molar-refractivity contribution in [1.29, 1.82) is 0 Å². The second-order valence-electron chi connectivity index (χ2n) is 6.04. The van der Waals surface area contributed by atoms with Crippen molar-refractivity contribution in [2.75, 3.05) is 18.4 Å². The number of nitrogens with one attached hydrogen (secondary N) is 1. The van der Waals surface area contributed by atoms with Gasteiger partial charge in [-0.15, -0.1) is 0 Å². The fraction of sp³-hybridized carbons (Fsp3) is 0.600. The van der Waals surface area contributed by atoms with Crippen molar-refractivity contribution >= 4 is 11.8 Å². The molecule has 0 aromatic carbocycles. The lowest BCUT2D eigenvalue weighted by Crippen LogP contribution is -2.39. The van der Waals surface area contributed by atoms with Crippen LogP contribution < -0.4 is 5.32 Å². The van der Waals surface area contributed by atoms with Crippen LogP contribution in [0.1, 0.15) is 30.2 Å². The Morgan fingerprint density at radius 3 is 2.91 bits per heavy atom. The van der Waals surface area contributed by atoms with E-state index in [1.165, 1.54) is 0 Å². The number of nitrogens with zero attached hydrogens (tertiary/aromatic N) is 5. The summed E-state index contributed by atoms with van der Waals surface area (Å²) < 4.78 is 6.94. The minimum atomic E-state index is -0.0838. The molecule has 124 valence electrons. The molecule has 0 bridgehead atoms. The van der Waals surface area contributed by atoms with E-state index in [0.29, 0.717) is 18.5 Å². The summed E-state index contributed by atoms with van der Waals surface area (Å²) in [6.07, 6.45) is 2.15. The smallest absolute Gasteiger partial charge is 0.240 e. The molecule has 3 heterocycles. The van der Waals surface area contributed by atoms with Crippen LogP contribution in [0, 0.1) is 20.8 Å². The summed E-state index contributed by atoms with van der Waals surface area (Å²) in [5, 5.41) is 10.9. The number of aryl methyl sites for hydroxylation is 3. The highest BCUT2D eigenvalue weighted by molar-refractivity contribution is 5.91. The third kappa shape index (κ3) is 3.76. The van der Waals surface area contributed by atoms with E-state index < -0.39 is 0 Å². The van der Waals surface area contributed by atoms with Crippen molar-refractivity contribution in [3.05, 3.63) is 23.4 Å². The minimum absolute atomic E-state index is 0.0838. The zero-order valence-corrected chi connectivity index (χ0v) is 13.7. The van der Waals surface area contributed by atoms with Crippen LogP contribution >= 0.6 is 0 Å². The molecule has 1 saturated heterocycles. The van der Waals surface area contributed by atoms with Gasteiger partial charge in [0.05, 0.1) is 18.8 Å². The minimum Gasteiger partial charge on any atom is -0.338 e. The van der Waals surface area contributed by atoms with Crippen LogP contribution in [0.5, 0.6) is 0 Å². The number of hydrogen-bond donors (Lipinski definition) is 1. The van der Waals surface area contributed by atoms with Crippen LogP contribution in [0.15, 0.2) is 10.6 Å². The second-order valence-corrected chi connectivity index (χ2v) is 6.04. The largest absolute Gasteiger partial charge is 0.338 e. The summed E-state index contributed by atoms with van der Waals surface area (Å²) in [5.74, 6) is 2.01. The van der Waals surface area contributed by atoms with Crippen molar-refractivity contribution < 1.29 is 9.32 Å². The molecule has 1 fully saturated rings. The SMILES string of the molecule is Cc1cc(NC(=O)CN2CCC[C@@H]2Cn2nc(C)nc2C)on1. The summed E-state index contributed by atoms with van der Waals surface area (Å²) >= 11 is 0. The molecule has 1 atom stereocenters. The number of amides is 1. The van der Waals surface area contributed by atoms with E-state index >= 15 is 0 Å². The van der Waals surface area contributed by atoms with Crippen molar-refractivity contribution in [3.63, 3.8) is 0 Å². The molecule has 8 nitrogen and oxygen atoms in total. The molecule has 0 aliphatic carbocycles. The van der Waals surface area contributed by atoms with Gasteiger partial charge in [-0.3, -0.25) is 15.0 Å². The number of aromatic nitrogens is 4. The molecule has 1 amide bonds. The van der Waals surface area contributed by atoms with Gasteiger partial charge < -0.3 is 4.52 Å². The summed E-state index contributed by atoms with van der Waals surface area (Å²) in [4.78, 5) is 18.7. The molecular formula is C15H22N6O2. The zero-order valence-electron chi connectivity index (χ0n) is 13.7. The summed E-state index contributed by atoms with van der Waals surface area (Å²) in [7, 11) is 0. The molecule has 2 aromatic heterocycles. The first kappa shape index (κ1) is 15.7. The van der Waals surface area contributed by atoms with E-state index in [-0.39, 0.29) is 5.91 Å². The summed E-state index contributed by atoms with van der Waals surface area (Å²) in [6.45, 7) is 7.69. The molecular weight excluding hydrogens is 296 g/mol. The fourth-order valence-electron chi connectivity index (χ4n) is 3.03. The van der Waals surface area contributed by atoms with Gasteiger partial charge in [-0.2, -0.15) is 5.10 Å². The molecule has 23 heavy (non-hydrogen) atoms. The molecule has 0 unspecified atom stereocenters. The highest BCUT2D eigenvalue weighted by atomic mass is 16.5. The predicted molar refractivity (Wildman–Crippen MR) is 84.0 cm³/mol. The lowest BCUT2D eigenvalue weighted by molar-refractivity contribution is -0.117. The Balaban J connectivity index is 1.58. The first-order valence-corrected chi connectivity index (χ1v) is 7.86. The maximum Gasteiger partial charge on any atom is 0.240 e. The number of carbonyl (C=O) groups excluding carboxylic acids is 1. The summed E-state index contributed by atoms with van der Waals surface area (Å²) in [6, 6.07) is 2.01. The monoisotopic (exact) mass is 318 g/mol. The van der Waals surface area contributed by atoms with Crippen molar-refractivity contribution in [3.8, 4) is 0 Å². The van der Waals surface area contributed by atoms with Gasteiger partial charge in [0.1, 0.15) is 11.6 Å². The van der Waals surface area contributed by atoms with Gasteiger partial charge in [0, 0.05) is 12.1 Å². The van der Waals surface area contributed by atoms with Gasteiger partial charge in [0.25, 0.3) is 0 Å². The van der Waals surface area contributed by atoms with Crippen molar-refractivity contribution in [2.24, 2.45) is 0 Å². The van der Waals surface area contributed by atoms with E-state index in [9.17, 15) is 4.79 Å². The van der Waals surface area contributed by atoms with E-state index in [2.05, 4.69) is 25.5 Å². The molecule has 0 radical (unpaired) electrons. The standard InChI is InChI=1S/C15H22N6O2/c1-10-7-15(23-19-10)17-14(22)9-20-6-4-5-13(20)8-21-12(3)16-11(2)18-21/h7,13H,4-6,8-9H2,1-3H3,(H,17,22)/t13-/m1/s1. The highest BCUT2D eigenvalue weighted by Gasteiger charge is 2.27. The molecule has 2 aromatic rings. The number of anilines is 1. The van der Waals surface area contributed by atoms with Gasteiger partial charge in [0.2, 0.25) is 11.8 Å². The number of hydrogen-bond acceptors (Lipinski definition) is 6. The molecule has 1 aliphatic heterocycles. The maximum absolute atomic E-state index is 12.2. The average molecular weight is 318 g/mol. The number of carbonyl (C=O) groups is 1. The van der Waals surface area contributed by atoms with Crippen LogP contribution in [-0.4, -0.2) is 49.9 Å². The lowest BCUT2D eigenvalue weighted by atomic mass is 10.2. The van der Waals surface area contributed by atoms with Gasteiger partial charge in [0.15, 0.2) is 0 Å². The highest BCUT2D eigenvalue weighted by Crippen LogP contribution is 2.19. The van der Waals surface area contributed by atoms with Gasteiger partial charge >= 0.3 is 0 Å². The first-order chi connectivity index (χ1) is 11.0. The van der Waals surface area contributed by atoms with Crippen molar-refractivity contribution in [2.45, 2.75) is 46.2 Å². The lowest BCUT2D eigenvalue weighted by Gasteiger charge is -2.23. The van der Waals surface area contributed by atoms with Crippen molar-refractivity contribution in [1.82, 2.24) is 24.8 Å². The molecule has 8 heteroatoms. The van der Waals surface area contributed by atoms with Crippen LogP contribution in [-0.2, 0) is 11.3 Å². The van der Waals surface area contributed by atoms with Gasteiger partial charge in [-0.05, 0) is 40.2 Å².